The molecule has 0 saturated heterocycles. The molecule has 1 amide bonds. The van der Waals surface area contributed by atoms with E-state index in [1.807, 2.05) is 10.9 Å². The number of hydrogen-bond acceptors (Lipinski definition) is 6. The molecule has 2 aromatic rings. The van der Waals surface area contributed by atoms with Crippen LogP contribution in [0.5, 0.6) is 0 Å². The fourth-order valence-electron chi connectivity index (χ4n) is 3.63. The Balaban J connectivity index is 1.34. The summed E-state index contributed by atoms with van der Waals surface area (Å²) in [6, 6.07) is 0. The molecule has 0 aromatic carbocycles. The number of carbonyl (C=O) groups is 1. The molecular weight excluding hydrogens is 338 g/mol. The van der Waals surface area contributed by atoms with E-state index in [4.69, 9.17) is 5.11 Å². The van der Waals surface area contributed by atoms with Gasteiger partial charge in [0.05, 0.1) is 37.3 Å². The molecule has 0 saturated carbocycles. The van der Waals surface area contributed by atoms with Crippen LogP contribution in [-0.2, 0) is 37.3 Å². The summed E-state index contributed by atoms with van der Waals surface area (Å²) in [5, 5.41) is 17.1. The molecule has 2 N–H and O–H groups in total. The monoisotopic (exact) mass is 361 g/mol. The lowest BCUT2D eigenvalue weighted by atomic mass is 9.93. The molecule has 0 bridgehead atoms. The van der Waals surface area contributed by atoms with Gasteiger partial charge in [-0.1, -0.05) is 6.92 Å². The van der Waals surface area contributed by atoms with Crippen molar-refractivity contribution in [3.05, 3.63) is 28.0 Å². The Labute approximate surface area is 150 Å². The summed E-state index contributed by atoms with van der Waals surface area (Å²) in [6.07, 6.45) is 5.11. The number of hydrogen-bond donors (Lipinski definition) is 2. The molecule has 0 spiro atoms. The zero-order chi connectivity index (χ0) is 17.4. The maximum atomic E-state index is 12.4. The van der Waals surface area contributed by atoms with Crippen molar-refractivity contribution >= 4 is 22.4 Å². The normalized spacial score (nSPS) is 19.7. The number of aliphatic hydroxyl groups is 1. The minimum atomic E-state index is -0.0223. The third-order valence-electron chi connectivity index (χ3n) is 4.91. The number of anilines is 1. The standard InChI is InChI=1S/C17H23N5O2S/c1-11-2-3-13-15(6-11)25-17(19-13)20-16(24)10-21-8-12-7-18-22(4-5-23)14(12)9-21/h7,11,23H,2-6,8-10H2,1H3,(H,19,20,24)/t11-/m0/s1. The number of thiazole rings is 1. The number of nitrogens with one attached hydrogen (secondary N) is 1. The molecule has 25 heavy (non-hydrogen) atoms. The maximum absolute atomic E-state index is 12.4. The average molecular weight is 361 g/mol. The van der Waals surface area contributed by atoms with Crippen molar-refractivity contribution in [1.82, 2.24) is 19.7 Å². The van der Waals surface area contributed by atoms with Crippen LogP contribution >= 0.6 is 11.3 Å². The van der Waals surface area contributed by atoms with Crippen LogP contribution in [0.2, 0.25) is 0 Å². The number of amides is 1. The first-order chi connectivity index (χ1) is 12.1. The van der Waals surface area contributed by atoms with Gasteiger partial charge in [0.15, 0.2) is 5.13 Å². The van der Waals surface area contributed by atoms with E-state index in [2.05, 4.69) is 27.2 Å². The molecule has 0 fully saturated rings. The van der Waals surface area contributed by atoms with Crippen molar-refractivity contribution in [1.29, 1.82) is 0 Å². The number of fused-ring (bicyclic) bond motifs is 2. The lowest BCUT2D eigenvalue weighted by molar-refractivity contribution is -0.117. The van der Waals surface area contributed by atoms with Crippen molar-refractivity contribution in [2.24, 2.45) is 5.92 Å². The van der Waals surface area contributed by atoms with E-state index in [1.165, 1.54) is 11.3 Å². The number of rotatable bonds is 5. The zero-order valence-electron chi connectivity index (χ0n) is 14.4. The van der Waals surface area contributed by atoms with E-state index in [0.717, 1.165) is 41.5 Å². The molecule has 0 unspecified atom stereocenters. The Kier molecular flexibility index (Phi) is 4.58. The predicted molar refractivity (Wildman–Crippen MR) is 95.4 cm³/mol. The molecule has 8 heteroatoms. The molecule has 1 atom stereocenters. The Hall–Kier alpha value is -1.77. The summed E-state index contributed by atoms with van der Waals surface area (Å²) in [7, 11) is 0. The van der Waals surface area contributed by atoms with Crippen molar-refractivity contribution in [2.75, 3.05) is 18.5 Å². The van der Waals surface area contributed by atoms with Gasteiger partial charge < -0.3 is 10.4 Å². The van der Waals surface area contributed by atoms with Gasteiger partial charge in [0.25, 0.3) is 0 Å². The van der Waals surface area contributed by atoms with Crippen LogP contribution in [0.15, 0.2) is 6.20 Å². The summed E-state index contributed by atoms with van der Waals surface area (Å²) >= 11 is 1.62. The van der Waals surface area contributed by atoms with Gasteiger partial charge in [0.2, 0.25) is 5.91 Å². The largest absolute Gasteiger partial charge is 0.394 e. The topological polar surface area (TPSA) is 83.3 Å². The van der Waals surface area contributed by atoms with Crippen molar-refractivity contribution in [2.45, 2.75) is 45.8 Å². The Morgan fingerprint density at radius 1 is 1.48 bits per heavy atom. The van der Waals surface area contributed by atoms with Gasteiger partial charge in [0.1, 0.15) is 0 Å². The minimum absolute atomic E-state index is 0.0223. The molecule has 4 rings (SSSR count). The van der Waals surface area contributed by atoms with Crippen LogP contribution in [0.3, 0.4) is 0 Å². The SMILES string of the molecule is C[C@H]1CCc2nc(NC(=O)CN3Cc4cnn(CCO)c4C3)sc2C1. The van der Waals surface area contributed by atoms with Crippen LogP contribution in [-0.4, -0.2) is 43.8 Å². The van der Waals surface area contributed by atoms with E-state index >= 15 is 0 Å². The van der Waals surface area contributed by atoms with Crippen LogP contribution in [0.25, 0.3) is 0 Å². The van der Waals surface area contributed by atoms with Crippen LogP contribution in [0.1, 0.15) is 35.2 Å². The Morgan fingerprint density at radius 2 is 2.36 bits per heavy atom. The second kappa shape index (κ2) is 6.86. The number of carbonyl (C=O) groups excluding carboxylic acids is 1. The summed E-state index contributed by atoms with van der Waals surface area (Å²) in [5.74, 6) is 0.684. The van der Waals surface area contributed by atoms with E-state index in [9.17, 15) is 4.79 Å². The fraction of sp³-hybridized carbons (Fsp3) is 0.588. The Bertz CT molecular complexity index is 784. The van der Waals surface area contributed by atoms with E-state index in [-0.39, 0.29) is 12.5 Å². The van der Waals surface area contributed by atoms with E-state index < -0.39 is 0 Å². The van der Waals surface area contributed by atoms with Crippen molar-refractivity contribution < 1.29 is 9.90 Å². The minimum Gasteiger partial charge on any atom is -0.394 e. The van der Waals surface area contributed by atoms with Gasteiger partial charge in [-0.2, -0.15) is 5.10 Å². The zero-order valence-corrected chi connectivity index (χ0v) is 15.2. The second-order valence-corrected chi connectivity index (χ2v) is 8.08. The van der Waals surface area contributed by atoms with Crippen LogP contribution < -0.4 is 5.32 Å². The highest BCUT2D eigenvalue weighted by atomic mass is 32.1. The van der Waals surface area contributed by atoms with Crippen molar-refractivity contribution in [3.8, 4) is 0 Å². The highest BCUT2D eigenvalue weighted by Gasteiger charge is 2.26. The molecule has 3 heterocycles. The van der Waals surface area contributed by atoms with E-state index in [1.54, 1.807) is 11.3 Å². The van der Waals surface area contributed by atoms with Crippen molar-refractivity contribution in [3.63, 3.8) is 0 Å². The van der Waals surface area contributed by atoms with Gasteiger partial charge in [-0.25, -0.2) is 4.98 Å². The number of aryl methyl sites for hydroxylation is 1. The third-order valence-corrected chi connectivity index (χ3v) is 5.95. The molecule has 1 aliphatic carbocycles. The lowest BCUT2D eigenvalue weighted by Crippen LogP contribution is -2.29. The smallest absolute Gasteiger partial charge is 0.240 e. The second-order valence-electron chi connectivity index (χ2n) is 6.99. The molecule has 134 valence electrons. The van der Waals surface area contributed by atoms with Gasteiger partial charge in [-0.05, 0) is 25.2 Å². The number of aromatic nitrogens is 3. The Morgan fingerprint density at radius 3 is 3.20 bits per heavy atom. The summed E-state index contributed by atoms with van der Waals surface area (Å²) in [4.78, 5) is 20.4. The first kappa shape index (κ1) is 16.7. The fourth-order valence-corrected chi connectivity index (χ4v) is 4.82. The molecule has 7 nitrogen and oxygen atoms in total. The maximum Gasteiger partial charge on any atom is 0.240 e. The summed E-state index contributed by atoms with van der Waals surface area (Å²) in [5.41, 5.74) is 3.40. The average Bonchev–Trinajstić information content (AvgIpc) is 3.22. The molecule has 1 aliphatic heterocycles. The number of nitrogens with zero attached hydrogens (tertiary/aromatic N) is 4. The quantitative estimate of drug-likeness (QED) is 0.841. The van der Waals surface area contributed by atoms with Gasteiger partial charge in [-0.15, -0.1) is 11.3 Å². The lowest BCUT2D eigenvalue weighted by Gasteiger charge is -2.15. The molecule has 2 aliphatic rings. The highest BCUT2D eigenvalue weighted by molar-refractivity contribution is 7.15. The molecule has 2 aromatic heterocycles. The molecular formula is C17H23N5O2S. The summed E-state index contributed by atoms with van der Waals surface area (Å²) < 4.78 is 1.82. The summed E-state index contributed by atoms with van der Waals surface area (Å²) in [6.45, 7) is 4.59. The van der Waals surface area contributed by atoms with Gasteiger partial charge in [0, 0.05) is 23.5 Å². The third kappa shape index (κ3) is 3.47. The van der Waals surface area contributed by atoms with Gasteiger partial charge >= 0.3 is 0 Å². The van der Waals surface area contributed by atoms with Crippen LogP contribution in [0.4, 0.5) is 5.13 Å². The number of aliphatic hydroxyl groups excluding tert-OH is 1. The molecule has 0 radical (unpaired) electrons. The first-order valence-corrected chi connectivity index (χ1v) is 9.59. The predicted octanol–water partition coefficient (Wildman–Crippen LogP) is 1.41. The highest BCUT2D eigenvalue weighted by Crippen LogP contribution is 2.32. The van der Waals surface area contributed by atoms with E-state index in [0.29, 0.717) is 25.6 Å². The first-order valence-electron chi connectivity index (χ1n) is 8.77. The van der Waals surface area contributed by atoms with Gasteiger partial charge in [-0.3, -0.25) is 14.4 Å². The van der Waals surface area contributed by atoms with Crippen LogP contribution in [0, 0.1) is 5.92 Å².